The maximum Gasteiger partial charge on any atom is 0.262 e. The minimum Gasteiger partial charge on any atom is -0.383 e. The van der Waals surface area contributed by atoms with Crippen LogP contribution in [0.3, 0.4) is 0 Å². The van der Waals surface area contributed by atoms with Gasteiger partial charge >= 0.3 is 0 Å². The Morgan fingerprint density at radius 3 is 2.60 bits per heavy atom. The van der Waals surface area contributed by atoms with Gasteiger partial charge in [0.25, 0.3) is 10.0 Å². The maximum absolute atomic E-state index is 12.8. The van der Waals surface area contributed by atoms with E-state index < -0.39 is 10.0 Å². The van der Waals surface area contributed by atoms with E-state index in [4.69, 9.17) is 0 Å². The summed E-state index contributed by atoms with van der Waals surface area (Å²) in [6.45, 7) is 7.96. The minimum absolute atomic E-state index is 0.142. The first kappa shape index (κ1) is 15.3. The Hall–Kier alpha value is -1.14. The fourth-order valence-electron chi connectivity index (χ4n) is 2.85. The Balaban J connectivity index is 2.35. The highest BCUT2D eigenvalue weighted by molar-refractivity contribution is 7.89. The zero-order valence-electron chi connectivity index (χ0n) is 12.3. The van der Waals surface area contributed by atoms with E-state index in [9.17, 15) is 8.42 Å². The van der Waals surface area contributed by atoms with Gasteiger partial charge in [-0.2, -0.15) is 4.31 Å². The normalized spacial score (nSPS) is 24.6. The molecule has 0 aliphatic carbocycles. The molecule has 1 aliphatic heterocycles. The molecule has 5 nitrogen and oxygen atoms in total. The van der Waals surface area contributed by atoms with Gasteiger partial charge in [-0.25, -0.2) is 13.4 Å². The molecule has 0 amide bonds. The Morgan fingerprint density at radius 2 is 2.00 bits per heavy atom. The molecule has 1 aromatic heterocycles. The van der Waals surface area contributed by atoms with E-state index in [1.54, 1.807) is 16.4 Å². The first-order chi connectivity index (χ1) is 9.45. The molecule has 2 atom stereocenters. The third-order valence-electron chi connectivity index (χ3n) is 3.56. The molecular formula is C14H23N3O2S. The van der Waals surface area contributed by atoms with Crippen molar-refractivity contribution < 1.29 is 8.42 Å². The smallest absolute Gasteiger partial charge is 0.262 e. The van der Waals surface area contributed by atoms with Crippen LogP contribution in [0.4, 0.5) is 5.69 Å². The van der Waals surface area contributed by atoms with E-state index in [0.29, 0.717) is 37.2 Å². The summed E-state index contributed by atoms with van der Waals surface area (Å²) >= 11 is 0. The molecule has 1 aliphatic rings. The van der Waals surface area contributed by atoms with Gasteiger partial charge in [0.05, 0.1) is 5.69 Å². The van der Waals surface area contributed by atoms with Gasteiger partial charge in [0.1, 0.15) is 0 Å². The number of sulfonamides is 1. The lowest BCUT2D eigenvalue weighted by atomic mass is 9.94. The molecule has 0 spiro atoms. The summed E-state index contributed by atoms with van der Waals surface area (Å²) in [5.41, 5.74) is 0.584. The van der Waals surface area contributed by atoms with E-state index in [-0.39, 0.29) is 5.03 Å². The summed E-state index contributed by atoms with van der Waals surface area (Å²) in [4.78, 5) is 4.10. The van der Waals surface area contributed by atoms with Crippen molar-refractivity contribution in [2.75, 3.05) is 25.0 Å². The lowest BCUT2D eigenvalue weighted by molar-refractivity contribution is 0.222. The Labute approximate surface area is 121 Å². The monoisotopic (exact) mass is 297 g/mol. The average Bonchev–Trinajstić information content (AvgIpc) is 2.38. The topological polar surface area (TPSA) is 62.3 Å². The molecule has 20 heavy (non-hydrogen) atoms. The minimum atomic E-state index is -3.52. The van der Waals surface area contributed by atoms with Crippen molar-refractivity contribution in [3.8, 4) is 0 Å². The van der Waals surface area contributed by atoms with Gasteiger partial charge < -0.3 is 5.32 Å². The van der Waals surface area contributed by atoms with E-state index in [0.717, 1.165) is 6.42 Å². The van der Waals surface area contributed by atoms with Crippen LogP contribution in [0.2, 0.25) is 0 Å². The summed E-state index contributed by atoms with van der Waals surface area (Å²) in [6, 6.07) is 3.51. The largest absolute Gasteiger partial charge is 0.383 e. The van der Waals surface area contributed by atoms with Crippen LogP contribution in [0.5, 0.6) is 0 Å². The van der Waals surface area contributed by atoms with Gasteiger partial charge in [-0.1, -0.05) is 13.8 Å². The molecule has 2 heterocycles. The molecule has 1 N–H and O–H groups in total. The van der Waals surface area contributed by atoms with Gasteiger partial charge in [-0.05, 0) is 37.3 Å². The summed E-state index contributed by atoms with van der Waals surface area (Å²) in [5, 5.41) is 3.22. The van der Waals surface area contributed by atoms with Crippen molar-refractivity contribution in [1.29, 1.82) is 0 Å². The lowest BCUT2D eigenvalue weighted by Crippen LogP contribution is -2.42. The van der Waals surface area contributed by atoms with E-state index >= 15 is 0 Å². The van der Waals surface area contributed by atoms with E-state index in [1.165, 1.54) is 6.20 Å². The predicted molar refractivity (Wildman–Crippen MR) is 80.1 cm³/mol. The molecule has 0 bridgehead atoms. The van der Waals surface area contributed by atoms with Crippen LogP contribution in [0.25, 0.3) is 0 Å². The highest BCUT2D eigenvalue weighted by Crippen LogP contribution is 2.28. The molecule has 2 rings (SSSR count). The molecule has 1 aromatic rings. The number of nitrogens with one attached hydrogen (secondary N) is 1. The van der Waals surface area contributed by atoms with Crippen LogP contribution in [0.1, 0.15) is 27.2 Å². The standard InChI is InChI=1S/C14H23N3O2S/c1-4-15-13-6-5-7-16-14(13)20(18,19)17-9-11(2)8-12(3)10-17/h5-7,11-12,15H,4,8-10H2,1-3H3. The van der Waals surface area contributed by atoms with E-state index in [1.807, 2.05) is 6.92 Å². The van der Waals surface area contributed by atoms with Crippen molar-refractivity contribution >= 4 is 15.7 Å². The van der Waals surface area contributed by atoms with Gasteiger partial charge in [-0.15, -0.1) is 0 Å². The highest BCUT2D eigenvalue weighted by atomic mass is 32.2. The lowest BCUT2D eigenvalue weighted by Gasteiger charge is -2.34. The number of nitrogens with zero attached hydrogens (tertiary/aromatic N) is 2. The number of piperidine rings is 1. The number of hydrogen-bond acceptors (Lipinski definition) is 4. The number of anilines is 1. The molecule has 0 saturated carbocycles. The van der Waals surface area contributed by atoms with Gasteiger partial charge in [0, 0.05) is 25.8 Å². The summed E-state index contributed by atoms with van der Waals surface area (Å²) in [6.07, 6.45) is 2.61. The zero-order chi connectivity index (χ0) is 14.8. The summed E-state index contributed by atoms with van der Waals surface area (Å²) in [5.74, 6) is 0.777. The Morgan fingerprint density at radius 1 is 1.35 bits per heavy atom. The number of pyridine rings is 1. The second-order valence-electron chi connectivity index (χ2n) is 5.65. The first-order valence-corrected chi connectivity index (χ1v) is 8.58. The van der Waals surface area contributed by atoms with Crippen LogP contribution in [0, 0.1) is 11.8 Å². The second-order valence-corrected chi connectivity index (χ2v) is 7.51. The number of rotatable bonds is 4. The third-order valence-corrected chi connectivity index (χ3v) is 5.35. The van der Waals surface area contributed by atoms with Crippen molar-refractivity contribution in [2.24, 2.45) is 11.8 Å². The summed E-state index contributed by atoms with van der Waals surface area (Å²) < 4.78 is 27.2. The SMILES string of the molecule is CCNc1cccnc1S(=O)(=O)N1CC(C)CC(C)C1. The molecular weight excluding hydrogens is 274 g/mol. The molecule has 1 fully saturated rings. The summed E-state index contributed by atoms with van der Waals surface area (Å²) in [7, 11) is -3.52. The first-order valence-electron chi connectivity index (χ1n) is 7.14. The Bertz CT molecular complexity index is 549. The fourth-order valence-corrected chi connectivity index (χ4v) is 4.60. The van der Waals surface area contributed by atoms with E-state index in [2.05, 4.69) is 24.1 Å². The second kappa shape index (κ2) is 6.10. The third kappa shape index (κ3) is 3.12. The molecule has 112 valence electrons. The zero-order valence-corrected chi connectivity index (χ0v) is 13.2. The average molecular weight is 297 g/mol. The molecule has 2 unspecified atom stereocenters. The molecule has 1 saturated heterocycles. The predicted octanol–water partition coefficient (Wildman–Crippen LogP) is 2.18. The fraction of sp³-hybridized carbons (Fsp3) is 0.643. The van der Waals surface area contributed by atoms with Gasteiger partial charge in [0.2, 0.25) is 0 Å². The number of aromatic nitrogens is 1. The number of hydrogen-bond donors (Lipinski definition) is 1. The van der Waals surface area contributed by atoms with Crippen LogP contribution in [0.15, 0.2) is 23.4 Å². The Kier molecular flexibility index (Phi) is 4.65. The molecule has 0 aromatic carbocycles. The van der Waals surface area contributed by atoms with Crippen LogP contribution in [-0.4, -0.2) is 37.3 Å². The van der Waals surface area contributed by atoms with Crippen LogP contribution in [-0.2, 0) is 10.0 Å². The van der Waals surface area contributed by atoms with Crippen molar-refractivity contribution in [2.45, 2.75) is 32.2 Å². The van der Waals surface area contributed by atoms with Crippen LogP contribution >= 0.6 is 0 Å². The quantitative estimate of drug-likeness (QED) is 0.925. The molecule has 6 heteroatoms. The van der Waals surface area contributed by atoms with Crippen molar-refractivity contribution in [3.05, 3.63) is 18.3 Å². The van der Waals surface area contributed by atoms with Crippen molar-refractivity contribution in [1.82, 2.24) is 9.29 Å². The van der Waals surface area contributed by atoms with Crippen molar-refractivity contribution in [3.63, 3.8) is 0 Å². The van der Waals surface area contributed by atoms with Crippen LogP contribution < -0.4 is 5.32 Å². The molecule has 0 radical (unpaired) electrons. The highest BCUT2D eigenvalue weighted by Gasteiger charge is 2.33. The maximum atomic E-state index is 12.8. The van der Waals surface area contributed by atoms with Gasteiger partial charge in [0.15, 0.2) is 5.03 Å². The van der Waals surface area contributed by atoms with Gasteiger partial charge in [-0.3, -0.25) is 0 Å².